The van der Waals surface area contributed by atoms with Crippen molar-refractivity contribution >= 4 is 40.9 Å². The van der Waals surface area contributed by atoms with Gasteiger partial charge in [-0.1, -0.05) is 12.1 Å². The first-order valence-corrected chi connectivity index (χ1v) is 11.1. The number of carbonyl (C=O) groups is 4. The molecular formula is C24H26N2O6S. The number of hydrogen-bond acceptors (Lipinski definition) is 7. The number of amides is 2. The molecule has 0 radical (unpaired) electrons. The minimum atomic E-state index is -0.716. The third kappa shape index (κ3) is 5.19. The van der Waals surface area contributed by atoms with Crippen LogP contribution in [0.4, 0.5) is 4.79 Å². The van der Waals surface area contributed by atoms with Gasteiger partial charge in [0.25, 0.3) is 11.1 Å². The molecule has 8 nitrogen and oxygen atoms in total. The molecule has 2 amide bonds. The van der Waals surface area contributed by atoms with Gasteiger partial charge in [-0.3, -0.25) is 19.3 Å². The molecule has 3 rings (SSSR count). The van der Waals surface area contributed by atoms with E-state index in [4.69, 9.17) is 9.47 Å². The molecule has 1 aromatic carbocycles. The van der Waals surface area contributed by atoms with E-state index in [9.17, 15) is 19.2 Å². The smallest absolute Gasteiger partial charge is 0.339 e. The van der Waals surface area contributed by atoms with Crippen molar-refractivity contribution in [3.05, 3.63) is 57.8 Å². The number of imide groups is 1. The molecular weight excluding hydrogens is 444 g/mol. The van der Waals surface area contributed by atoms with Crippen molar-refractivity contribution in [1.29, 1.82) is 0 Å². The first-order valence-electron chi connectivity index (χ1n) is 10.3. The van der Waals surface area contributed by atoms with E-state index in [2.05, 4.69) is 0 Å². The highest BCUT2D eigenvalue weighted by atomic mass is 32.2. The van der Waals surface area contributed by atoms with Crippen molar-refractivity contribution < 1.29 is 28.7 Å². The van der Waals surface area contributed by atoms with Crippen molar-refractivity contribution in [2.75, 3.05) is 13.7 Å². The molecule has 0 spiro atoms. The second-order valence-corrected chi connectivity index (χ2v) is 9.52. The maximum absolute atomic E-state index is 12.8. The number of carbonyl (C=O) groups excluding carboxylic acids is 4. The summed E-state index contributed by atoms with van der Waals surface area (Å²) in [7, 11) is 1.33. The van der Waals surface area contributed by atoms with E-state index in [1.54, 1.807) is 39.0 Å². The Morgan fingerprint density at radius 3 is 2.42 bits per heavy atom. The highest BCUT2D eigenvalue weighted by molar-refractivity contribution is 8.18. The Bertz CT molecular complexity index is 1170. The highest BCUT2D eigenvalue weighted by Crippen LogP contribution is 2.34. The van der Waals surface area contributed by atoms with E-state index in [0.717, 1.165) is 33.6 Å². The van der Waals surface area contributed by atoms with Crippen LogP contribution in [0, 0.1) is 13.8 Å². The zero-order chi connectivity index (χ0) is 24.5. The number of methoxy groups -OCH3 is 1. The van der Waals surface area contributed by atoms with Crippen molar-refractivity contribution in [2.45, 2.75) is 40.2 Å². The van der Waals surface area contributed by atoms with Crippen LogP contribution in [-0.2, 0) is 19.1 Å². The average Bonchev–Trinajstić information content (AvgIpc) is 3.15. The lowest BCUT2D eigenvalue weighted by atomic mass is 10.1. The molecule has 0 bridgehead atoms. The van der Waals surface area contributed by atoms with Crippen molar-refractivity contribution in [3.63, 3.8) is 0 Å². The van der Waals surface area contributed by atoms with E-state index in [1.807, 2.05) is 36.6 Å². The summed E-state index contributed by atoms with van der Waals surface area (Å²) in [6.07, 6.45) is 1.62. The molecule has 1 aliphatic heterocycles. The zero-order valence-electron chi connectivity index (χ0n) is 19.4. The van der Waals surface area contributed by atoms with Gasteiger partial charge < -0.3 is 14.0 Å². The average molecular weight is 471 g/mol. The summed E-state index contributed by atoms with van der Waals surface area (Å²) < 4.78 is 12.0. The Labute approximate surface area is 196 Å². The Morgan fingerprint density at radius 1 is 1.12 bits per heavy atom. The van der Waals surface area contributed by atoms with Crippen LogP contribution in [0.3, 0.4) is 0 Å². The number of ether oxygens (including phenoxy) is 2. The largest absolute Gasteiger partial charge is 0.465 e. The van der Waals surface area contributed by atoms with Crippen LogP contribution < -0.4 is 0 Å². The van der Waals surface area contributed by atoms with Crippen LogP contribution >= 0.6 is 11.8 Å². The van der Waals surface area contributed by atoms with Gasteiger partial charge in [0.1, 0.15) is 12.1 Å². The molecule has 0 unspecified atom stereocenters. The number of esters is 2. The number of thioether (sulfide) groups is 1. The fourth-order valence-electron chi connectivity index (χ4n) is 3.54. The fourth-order valence-corrected chi connectivity index (χ4v) is 4.37. The number of para-hydroxylation sites is 1. The first kappa shape index (κ1) is 24.3. The van der Waals surface area contributed by atoms with Gasteiger partial charge in [0, 0.05) is 11.4 Å². The lowest BCUT2D eigenvalue weighted by molar-refractivity contribution is -0.156. The predicted molar refractivity (Wildman–Crippen MR) is 125 cm³/mol. The van der Waals surface area contributed by atoms with Crippen LogP contribution in [-0.4, -0.2) is 51.8 Å². The quantitative estimate of drug-likeness (QED) is 0.476. The molecule has 9 heteroatoms. The molecule has 0 atom stereocenters. The van der Waals surface area contributed by atoms with Crippen LogP contribution in [0.2, 0.25) is 0 Å². The summed E-state index contributed by atoms with van der Waals surface area (Å²) in [5.41, 5.74) is 2.68. The fraction of sp³-hybridized carbons (Fsp3) is 0.333. The molecule has 2 aromatic rings. The Kier molecular flexibility index (Phi) is 6.83. The van der Waals surface area contributed by atoms with Gasteiger partial charge in [0.15, 0.2) is 0 Å². The van der Waals surface area contributed by atoms with E-state index >= 15 is 0 Å². The Balaban J connectivity index is 1.92. The van der Waals surface area contributed by atoms with E-state index in [0.29, 0.717) is 11.3 Å². The van der Waals surface area contributed by atoms with Gasteiger partial charge in [-0.15, -0.1) is 0 Å². The highest BCUT2D eigenvalue weighted by Gasteiger charge is 2.37. The van der Waals surface area contributed by atoms with Crippen LogP contribution in [0.1, 0.15) is 48.1 Å². The number of rotatable bonds is 5. The number of hydrogen-bond donors (Lipinski definition) is 0. The van der Waals surface area contributed by atoms with Gasteiger partial charge in [-0.25, -0.2) is 4.79 Å². The molecule has 1 saturated heterocycles. The maximum Gasteiger partial charge on any atom is 0.339 e. The first-order chi connectivity index (χ1) is 15.4. The predicted octanol–water partition coefficient (Wildman–Crippen LogP) is 4.26. The molecule has 174 valence electrons. The lowest BCUT2D eigenvalue weighted by Gasteiger charge is -2.21. The third-order valence-electron chi connectivity index (χ3n) is 4.89. The third-order valence-corrected chi connectivity index (χ3v) is 5.80. The second kappa shape index (κ2) is 9.27. The van der Waals surface area contributed by atoms with Crippen LogP contribution in [0.25, 0.3) is 11.8 Å². The number of aryl methyl sites for hydroxylation is 1. The summed E-state index contributed by atoms with van der Waals surface area (Å²) >= 11 is 0.775. The molecule has 1 aliphatic rings. The molecule has 0 aliphatic carbocycles. The summed E-state index contributed by atoms with van der Waals surface area (Å²) in [5, 5.41) is -0.526. The minimum absolute atomic E-state index is 0.213. The zero-order valence-corrected chi connectivity index (χ0v) is 20.2. The van der Waals surface area contributed by atoms with Gasteiger partial charge in [-0.2, -0.15) is 0 Å². The summed E-state index contributed by atoms with van der Waals surface area (Å²) in [6, 6.07) is 8.94. The van der Waals surface area contributed by atoms with Crippen molar-refractivity contribution in [1.82, 2.24) is 9.47 Å². The standard InChI is InChI=1S/C24H26N2O6S/c1-14-11-16(15(2)26(14)18-10-8-7-9-17(18)22(29)31-6)12-19-21(28)25(23(30)33-19)13-20(27)32-24(3,4)5/h7-12H,13H2,1-6H3. The molecule has 1 fully saturated rings. The Hall–Kier alpha value is -3.33. The van der Waals surface area contributed by atoms with Gasteiger partial charge in [0.2, 0.25) is 0 Å². The van der Waals surface area contributed by atoms with Crippen molar-refractivity contribution in [3.8, 4) is 5.69 Å². The topological polar surface area (TPSA) is 94.9 Å². The summed E-state index contributed by atoms with van der Waals surface area (Å²) in [5.74, 6) is -1.65. The van der Waals surface area contributed by atoms with Gasteiger partial charge in [-0.05, 0) is 76.2 Å². The maximum atomic E-state index is 12.8. The summed E-state index contributed by atoms with van der Waals surface area (Å²) in [4.78, 5) is 50.6. The minimum Gasteiger partial charge on any atom is -0.465 e. The van der Waals surface area contributed by atoms with E-state index < -0.39 is 35.2 Å². The SMILES string of the molecule is COC(=O)c1ccccc1-n1c(C)cc(C=C2SC(=O)N(CC(=O)OC(C)(C)C)C2=O)c1C. The normalized spacial score (nSPS) is 15.3. The molecule has 1 aromatic heterocycles. The molecule has 33 heavy (non-hydrogen) atoms. The van der Waals surface area contributed by atoms with E-state index in [1.165, 1.54) is 7.11 Å². The van der Waals surface area contributed by atoms with Crippen LogP contribution in [0.15, 0.2) is 35.2 Å². The van der Waals surface area contributed by atoms with Gasteiger partial charge in [0.05, 0.1) is 23.3 Å². The second-order valence-electron chi connectivity index (χ2n) is 8.52. The number of nitrogens with zero attached hydrogens (tertiary/aromatic N) is 2. The van der Waals surface area contributed by atoms with Gasteiger partial charge >= 0.3 is 11.9 Å². The lowest BCUT2D eigenvalue weighted by Crippen LogP contribution is -2.37. The van der Waals surface area contributed by atoms with Crippen molar-refractivity contribution in [2.24, 2.45) is 0 Å². The molecule has 0 N–H and O–H groups in total. The van der Waals surface area contributed by atoms with E-state index in [-0.39, 0.29) is 4.91 Å². The summed E-state index contributed by atoms with van der Waals surface area (Å²) in [6.45, 7) is 8.45. The Morgan fingerprint density at radius 2 is 1.79 bits per heavy atom. The molecule has 0 saturated carbocycles. The number of benzene rings is 1. The molecule has 2 heterocycles. The monoisotopic (exact) mass is 470 g/mol. The van der Waals surface area contributed by atoms with Crippen LogP contribution in [0.5, 0.6) is 0 Å². The number of aromatic nitrogens is 1.